The van der Waals surface area contributed by atoms with Crippen molar-refractivity contribution in [2.75, 3.05) is 13.1 Å². The van der Waals surface area contributed by atoms with E-state index < -0.39 is 0 Å². The summed E-state index contributed by atoms with van der Waals surface area (Å²) in [6, 6.07) is 10.8. The molecule has 1 N–H and O–H groups in total. The maximum absolute atomic E-state index is 10.4. The Bertz CT molecular complexity index is 351. The quantitative estimate of drug-likeness (QED) is 0.863. The molecule has 18 heavy (non-hydrogen) atoms. The highest BCUT2D eigenvalue weighted by atomic mass is 16.3. The van der Waals surface area contributed by atoms with Crippen LogP contribution >= 0.6 is 0 Å². The lowest BCUT2D eigenvalue weighted by Crippen LogP contribution is -2.34. The molecule has 0 aliphatic carbocycles. The van der Waals surface area contributed by atoms with Crippen LogP contribution in [0, 0.1) is 5.92 Å². The molecule has 0 aromatic heterocycles. The second-order valence-corrected chi connectivity index (χ2v) is 5.53. The van der Waals surface area contributed by atoms with E-state index in [0.29, 0.717) is 5.92 Å². The van der Waals surface area contributed by atoms with Gasteiger partial charge in [-0.1, -0.05) is 44.2 Å². The molecule has 1 aromatic rings. The zero-order chi connectivity index (χ0) is 13.0. The van der Waals surface area contributed by atoms with Gasteiger partial charge in [0.1, 0.15) is 0 Å². The number of hydrogen-bond donors (Lipinski definition) is 1. The number of rotatable bonds is 5. The lowest BCUT2D eigenvalue weighted by atomic mass is 9.96. The van der Waals surface area contributed by atoms with E-state index in [1.54, 1.807) is 0 Å². The van der Waals surface area contributed by atoms with Crippen molar-refractivity contribution in [2.45, 2.75) is 45.3 Å². The maximum Gasteiger partial charge on any atom is 0.0827 e. The van der Waals surface area contributed by atoms with Gasteiger partial charge in [-0.15, -0.1) is 0 Å². The summed E-state index contributed by atoms with van der Waals surface area (Å²) in [5, 5.41) is 10.4. The minimum absolute atomic E-state index is 0.291. The summed E-state index contributed by atoms with van der Waals surface area (Å²) in [6.45, 7) is 6.63. The molecule has 2 nitrogen and oxygen atoms in total. The SMILES string of the molecule is CCC1CCCN1CC(C)C(O)c1ccccc1. The molecule has 0 spiro atoms. The molecule has 0 saturated carbocycles. The van der Waals surface area contributed by atoms with Crippen LogP contribution in [0.2, 0.25) is 0 Å². The van der Waals surface area contributed by atoms with E-state index in [-0.39, 0.29) is 6.10 Å². The van der Waals surface area contributed by atoms with E-state index in [2.05, 4.69) is 18.7 Å². The lowest BCUT2D eigenvalue weighted by Gasteiger charge is -2.29. The Labute approximate surface area is 111 Å². The molecular weight excluding hydrogens is 222 g/mol. The highest BCUT2D eigenvalue weighted by Gasteiger charge is 2.26. The van der Waals surface area contributed by atoms with Gasteiger partial charge >= 0.3 is 0 Å². The smallest absolute Gasteiger partial charge is 0.0827 e. The van der Waals surface area contributed by atoms with Gasteiger partial charge in [-0.2, -0.15) is 0 Å². The maximum atomic E-state index is 10.4. The van der Waals surface area contributed by atoms with Crippen LogP contribution in [0.1, 0.15) is 44.8 Å². The lowest BCUT2D eigenvalue weighted by molar-refractivity contribution is 0.0838. The van der Waals surface area contributed by atoms with Crippen molar-refractivity contribution in [1.29, 1.82) is 0 Å². The van der Waals surface area contributed by atoms with Gasteiger partial charge in [-0.3, -0.25) is 0 Å². The number of benzene rings is 1. The number of hydrogen-bond acceptors (Lipinski definition) is 2. The van der Waals surface area contributed by atoms with Crippen LogP contribution in [0.25, 0.3) is 0 Å². The summed E-state index contributed by atoms with van der Waals surface area (Å²) in [5.41, 5.74) is 1.04. The van der Waals surface area contributed by atoms with Crippen molar-refractivity contribution in [3.63, 3.8) is 0 Å². The minimum atomic E-state index is -0.343. The second-order valence-electron chi connectivity index (χ2n) is 5.53. The van der Waals surface area contributed by atoms with Crippen LogP contribution in [-0.4, -0.2) is 29.1 Å². The largest absolute Gasteiger partial charge is 0.388 e. The van der Waals surface area contributed by atoms with Crippen LogP contribution in [0.5, 0.6) is 0 Å². The van der Waals surface area contributed by atoms with Gasteiger partial charge < -0.3 is 10.0 Å². The zero-order valence-corrected chi connectivity index (χ0v) is 11.5. The van der Waals surface area contributed by atoms with Crippen molar-refractivity contribution in [2.24, 2.45) is 5.92 Å². The highest BCUT2D eigenvalue weighted by Crippen LogP contribution is 2.26. The zero-order valence-electron chi connectivity index (χ0n) is 11.5. The standard InChI is InChI=1S/C16H25NO/c1-3-15-10-7-11-17(15)12-13(2)16(18)14-8-5-4-6-9-14/h4-6,8-9,13,15-16,18H,3,7,10-12H2,1-2H3. The number of nitrogens with zero attached hydrogens (tertiary/aromatic N) is 1. The Morgan fingerprint density at radius 3 is 2.72 bits per heavy atom. The molecule has 1 aliphatic rings. The third-order valence-corrected chi connectivity index (χ3v) is 4.17. The summed E-state index contributed by atoms with van der Waals surface area (Å²) in [5.74, 6) is 0.291. The van der Waals surface area contributed by atoms with E-state index in [4.69, 9.17) is 0 Å². The fourth-order valence-corrected chi connectivity index (χ4v) is 3.05. The van der Waals surface area contributed by atoms with E-state index in [1.165, 1.54) is 25.8 Å². The second kappa shape index (κ2) is 6.35. The van der Waals surface area contributed by atoms with Gasteiger partial charge in [-0.25, -0.2) is 0 Å². The van der Waals surface area contributed by atoms with E-state index >= 15 is 0 Å². The molecule has 1 fully saturated rings. The predicted octanol–water partition coefficient (Wildman–Crippen LogP) is 3.23. The molecule has 3 unspecified atom stereocenters. The van der Waals surface area contributed by atoms with Crippen LogP contribution in [0.3, 0.4) is 0 Å². The summed E-state index contributed by atoms with van der Waals surface area (Å²) in [7, 11) is 0. The fraction of sp³-hybridized carbons (Fsp3) is 0.625. The van der Waals surface area contributed by atoms with Gasteiger partial charge in [-0.05, 0) is 37.3 Å². The van der Waals surface area contributed by atoms with E-state index in [1.807, 2.05) is 30.3 Å². The molecule has 0 radical (unpaired) electrons. The first kappa shape index (κ1) is 13.6. The van der Waals surface area contributed by atoms with Gasteiger partial charge in [0.05, 0.1) is 6.10 Å². The van der Waals surface area contributed by atoms with Crippen LogP contribution < -0.4 is 0 Å². The van der Waals surface area contributed by atoms with Gasteiger partial charge in [0.15, 0.2) is 0 Å². The molecule has 3 atom stereocenters. The average Bonchev–Trinajstić information content (AvgIpc) is 2.86. The third kappa shape index (κ3) is 3.12. The van der Waals surface area contributed by atoms with Crippen molar-refractivity contribution in [3.05, 3.63) is 35.9 Å². The number of likely N-dealkylation sites (tertiary alicyclic amines) is 1. The highest BCUT2D eigenvalue weighted by molar-refractivity contribution is 5.17. The van der Waals surface area contributed by atoms with Crippen molar-refractivity contribution in [3.8, 4) is 0 Å². The first-order valence-corrected chi connectivity index (χ1v) is 7.19. The van der Waals surface area contributed by atoms with Crippen molar-refractivity contribution < 1.29 is 5.11 Å². The van der Waals surface area contributed by atoms with E-state index in [9.17, 15) is 5.11 Å². The summed E-state index contributed by atoms with van der Waals surface area (Å²) in [4.78, 5) is 2.55. The normalized spacial score (nSPS) is 24.1. The molecule has 1 aliphatic heterocycles. The molecule has 100 valence electrons. The van der Waals surface area contributed by atoms with Crippen LogP contribution in [-0.2, 0) is 0 Å². The van der Waals surface area contributed by atoms with Gasteiger partial charge in [0, 0.05) is 12.6 Å². The topological polar surface area (TPSA) is 23.5 Å². The van der Waals surface area contributed by atoms with Crippen molar-refractivity contribution in [1.82, 2.24) is 4.90 Å². The van der Waals surface area contributed by atoms with Gasteiger partial charge in [0.25, 0.3) is 0 Å². The van der Waals surface area contributed by atoms with Gasteiger partial charge in [0.2, 0.25) is 0 Å². The van der Waals surface area contributed by atoms with Crippen molar-refractivity contribution >= 4 is 0 Å². The summed E-state index contributed by atoms with van der Waals surface area (Å²) >= 11 is 0. The molecule has 2 rings (SSSR count). The molecule has 1 heterocycles. The average molecular weight is 247 g/mol. The van der Waals surface area contributed by atoms with Crippen LogP contribution in [0.4, 0.5) is 0 Å². The Morgan fingerprint density at radius 2 is 2.06 bits per heavy atom. The summed E-state index contributed by atoms with van der Waals surface area (Å²) in [6.07, 6.45) is 3.52. The van der Waals surface area contributed by atoms with E-state index in [0.717, 1.165) is 18.2 Å². The molecular formula is C16H25NO. The predicted molar refractivity (Wildman–Crippen MR) is 75.5 cm³/mol. The third-order valence-electron chi connectivity index (χ3n) is 4.17. The Balaban J connectivity index is 1.93. The number of aliphatic hydroxyl groups excluding tert-OH is 1. The minimum Gasteiger partial charge on any atom is -0.388 e. The Morgan fingerprint density at radius 1 is 1.33 bits per heavy atom. The first-order valence-electron chi connectivity index (χ1n) is 7.19. The Hall–Kier alpha value is -0.860. The summed E-state index contributed by atoms with van der Waals surface area (Å²) < 4.78 is 0. The monoisotopic (exact) mass is 247 g/mol. The first-order chi connectivity index (χ1) is 8.72. The fourth-order valence-electron chi connectivity index (χ4n) is 3.05. The molecule has 0 amide bonds. The molecule has 2 heteroatoms. The number of aliphatic hydroxyl groups is 1. The molecule has 1 saturated heterocycles. The molecule has 0 bridgehead atoms. The Kier molecular flexibility index (Phi) is 4.79. The molecule has 1 aromatic carbocycles. The van der Waals surface area contributed by atoms with Crippen LogP contribution in [0.15, 0.2) is 30.3 Å².